The number of ether oxygens (including phenoxy) is 1. The van der Waals surface area contributed by atoms with E-state index in [0.29, 0.717) is 25.5 Å². The van der Waals surface area contributed by atoms with Crippen molar-refractivity contribution in [2.75, 3.05) is 37.9 Å². The summed E-state index contributed by atoms with van der Waals surface area (Å²) in [6.07, 6.45) is 1.13. The molecule has 2 heterocycles. The van der Waals surface area contributed by atoms with Crippen molar-refractivity contribution in [1.82, 2.24) is 15.5 Å². The lowest BCUT2D eigenvalue weighted by molar-refractivity contribution is -0.131. The molecule has 2 N–H and O–H groups in total. The molecule has 0 radical (unpaired) electrons. The van der Waals surface area contributed by atoms with E-state index in [4.69, 9.17) is 4.74 Å². The van der Waals surface area contributed by atoms with Gasteiger partial charge >= 0.3 is 0 Å². The molecule has 0 spiro atoms. The van der Waals surface area contributed by atoms with Crippen LogP contribution in [0.4, 0.5) is 0 Å². The van der Waals surface area contributed by atoms with Gasteiger partial charge < -0.3 is 20.3 Å². The van der Waals surface area contributed by atoms with Crippen molar-refractivity contribution in [3.05, 3.63) is 30.3 Å². The predicted octanol–water partition coefficient (Wildman–Crippen LogP) is 1.08. The number of hydrogen-bond donors (Lipinski definition) is 2. The molecule has 2 fully saturated rings. The Bertz CT molecular complexity index is 578. The summed E-state index contributed by atoms with van der Waals surface area (Å²) in [5.41, 5.74) is 0. The molecule has 0 saturated carbocycles. The second kappa shape index (κ2) is 9.10. The summed E-state index contributed by atoms with van der Waals surface area (Å²) >= 11 is 1.80. The van der Waals surface area contributed by atoms with Crippen LogP contribution in [0.2, 0.25) is 0 Å². The molecule has 2 aliphatic rings. The van der Waals surface area contributed by atoms with Crippen LogP contribution in [-0.2, 0) is 9.59 Å². The first-order valence-electron chi connectivity index (χ1n) is 8.77. The van der Waals surface area contributed by atoms with Gasteiger partial charge in [-0.2, -0.15) is 0 Å². The number of benzene rings is 1. The highest BCUT2D eigenvalue weighted by atomic mass is 32.2. The number of thioether (sulfide) groups is 1. The van der Waals surface area contributed by atoms with E-state index in [0.717, 1.165) is 36.9 Å². The number of nitrogens with zero attached hydrogens (tertiary/aromatic N) is 1. The van der Waals surface area contributed by atoms with Gasteiger partial charge in [-0.1, -0.05) is 18.2 Å². The standard InChI is InChI=1S/C18H25N3O3S/c22-17(6-8-24-15-4-2-1-3-5-15)20-12-14-10-16(19-11-14)18(23)21-7-9-25-13-21/h1-5,14,16,19H,6-13H2,(H,20,22). The number of carbonyl (C=O) groups excluding carboxylic acids is 2. The number of amides is 2. The number of para-hydroxylation sites is 1. The molecule has 2 amide bonds. The zero-order valence-corrected chi connectivity index (χ0v) is 15.1. The van der Waals surface area contributed by atoms with E-state index >= 15 is 0 Å². The van der Waals surface area contributed by atoms with Crippen LogP contribution in [0.15, 0.2) is 30.3 Å². The summed E-state index contributed by atoms with van der Waals surface area (Å²) < 4.78 is 5.53. The molecular formula is C18H25N3O3S. The monoisotopic (exact) mass is 363 g/mol. The molecule has 136 valence electrons. The summed E-state index contributed by atoms with van der Waals surface area (Å²) in [7, 11) is 0. The molecule has 2 aliphatic heterocycles. The third-order valence-corrected chi connectivity index (χ3v) is 5.48. The molecule has 0 aromatic heterocycles. The zero-order valence-electron chi connectivity index (χ0n) is 14.3. The average Bonchev–Trinajstić information content (AvgIpc) is 3.32. The average molecular weight is 363 g/mol. The van der Waals surface area contributed by atoms with E-state index in [1.54, 1.807) is 11.8 Å². The van der Waals surface area contributed by atoms with Crippen molar-refractivity contribution in [2.45, 2.75) is 18.9 Å². The lowest BCUT2D eigenvalue weighted by Gasteiger charge is -2.19. The highest BCUT2D eigenvalue weighted by Crippen LogP contribution is 2.20. The van der Waals surface area contributed by atoms with Crippen molar-refractivity contribution < 1.29 is 14.3 Å². The van der Waals surface area contributed by atoms with Gasteiger partial charge in [0.1, 0.15) is 5.75 Å². The molecule has 25 heavy (non-hydrogen) atoms. The Morgan fingerprint density at radius 2 is 2.16 bits per heavy atom. The Kier molecular flexibility index (Phi) is 6.58. The highest BCUT2D eigenvalue weighted by Gasteiger charge is 2.33. The van der Waals surface area contributed by atoms with Crippen molar-refractivity contribution in [1.29, 1.82) is 0 Å². The minimum atomic E-state index is -0.0954. The van der Waals surface area contributed by atoms with Crippen molar-refractivity contribution in [3.63, 3.8) is 0 Å². The van der Waals surface area contributed by atoms with Gasteiger partial charge in [0.25, 0.3) is 0 Å². The van der Waals surface area contributed by atoms with Crippen LogP contribution in [0, 0.1) is 5.92 Å². The third-order valence-electron chi connectivity index (χ3n) is 4.51. The fourth-order valence-electron chi connectivity index (χ4n) is 3.09. The van der Waals surface area contributed by atoms with Crippen molar-refractivity contribution in [2.24, 2.45) is 5.92 Å². The minimum absolute atomic E-state index is 0.0124. The normalized spacial score (nSPS) is 22.8. The summed E-state index contributed by atoms with van der Waals surface area (Å²) in [5, 5.41) is 6.25. The van der Waals surface area contributed by atoms with Crippen LogP contribution in [0.5, 0.6) is 5.75 Å². The zero-order chi connectivity index (χ0) is 17.5. The fraction of sp³-hybridized carbons (Fsp3) is 0.556. The lowest BCUT2D eigenvalue weighted by Crippen LogP contribution is -2.42. The molecule has 2 saturated heterocycles. The summed E-state index contributed by atoms with van der Waals surface area (Å²) in [6.45, 7) is 2.60. The Hall–Kier alpha value is -1.73. The second-order valence-corrected chi connectivity index (χ2v) is 7.49. The summed E-state index contributed by atoms with van der Waals surface area (Å²) in [6, 6.07) is 9.38. The number of hydrogen-bond acceptors (Lipinski definition) is 5. The fourth-order valence-corrected chi connectivity index (χ4v) is 4.04. The van der Waals surface area contributed by atoms with E-state index in [1.165, 1.54) is 0 Å². The molecule has 2 unspecified atom stereocenters. The molecule has 7 heteroatoms. The summed E-state index contributed by atoms with van der Waals surface area (Å²) in [4.78, 5) is 26.2. The highest BCUT2D eigenvalue weighted by molar-refractivity contribution is 7.99. The van der Waals surface area contributed by atoms with Gasteiger partial charge in [-0.05, 0) is 24.5 Å². The first-order valence-corrected chi connectivity index (χ1v) is 9.92. The Labute approximate surface area is 152 Å². The predicted molar refractivity (Wildman–Crippen MR) is 98.5 cm³/mol. The molecule has 1 aromatic rings. The first-order chi connectivity index (χ1) is 12.2. The van der Waals surface area contributed by atoms with Crippen LogP contribution in [0.25, 0.3) is 0 Å². The van der Waals surface area contributed by atoms with E-state index in [-0.39, 0.29) is 17.9 Å². The third kappa shape index (κ3) is 5.37. The molecule has 2 atom stereocenters. The topological polar surface area (TPSA) is 70.7 Å². The van der Waals surface area contributed by atoms with E-state index in [2.05, 4.69) is 10.6 Å². The molecule has 0 bridgehead atoms. The van der Waals surface area contributed by atoms with Crippen LogP contribution >= 0.6 is 11.8 Å². The Morgan fingerprint density at radius 1 is 1.32 bits per heavy atom. The number of nitrogens with one attached hydrogen (secondary N) is 2. The van der Waals surface area contributed by atoms with Gasteiger partial charge in [0, 0.05) is 25.4 Å². The molecule has 6 nitrogen and oxygen atoms in total. The van der Waals surface area contributed by atoms with E-state index in [1.807, 2.05) is 35.2 Å². The maximum Gasteiger partial charge on any atom is 0.240 e. The molecular weight excluding hydrogens is 338 g/mol. The minimum Gasteiger partial charge on any atom is -0.493 e. The largest absolute Gasteiger partial charge is 0.493 e. The Balaban J connectivity index is 1.31. The maximum atomic E-state index is 12.4. The van der Waals surface area contributed by atoms with Gasteiger partial charge in [0.15, 0.2) is 0 Å². The molecule has 1 aromatic carbocycles. The lowest BCUT2D eigenvalue weighted by atomic mass is 10.0. The Morgan fingerprint density at radius 3 is 2.92 bits per heavy atom. The smallest absolute Gasteiger partial charge is 0.240 e. The van der Waals surface area contributed by atoms with Crippen LogP contribution in [0.1, 0.15) is 12.8 Å². The summed E-state index contributed by atoms with van der Waals surface area (Å²) in [5.74, 6) is 3.11. The molecule has 3 rings (SSSR count). The SMILES string of the molecule is O=C(CCOc1ccccc1)NCC1CNC(C(=O)N2CCSC2)C1. The van der Waals surface area contributed by atoms with Crippen molar-refractivity contribution in [3.8, 4) is 5.75 Å². The van der Waals surface area contributed by atoms with Crippen LogP contribution in [-0.4, -0.2) is 60.6 Å². The van der Waals surface area contributed by atoms with Crippen molar-refractivity contribution >= 4 is 23.6 Å². The van der Waals surface area contributed by atoms with E-state index < -0.39 is 0 Å². The van der Waals surface area contributed by atoms with Crippen LogP contribution in [0.3, 0.4) is 0 Å². The second-order valence-electron chi connectivity index (χ2n) is 6.42. The quantitative estimate of drug-likeness (QED) is 0.759. The van der Waals surface area contributed by atoms with E-state index in [9.17, 15) is 9.59 Å². The molecule has 0 aliphatic carbocycles. The van der Waals surface area contributed by atoms with Crippen LogP contribution < -0.4 is 15.4 Å². The van der Waals surface area contributed by atoms with Gasteiger partial charge in [-0.3, -0.25) is 9.59 Å². The maximum absolute atomic E-state index is 12.4. The number of rotatable bonds is 7. The van der Waals surface area contributed by atoms with Gasteiger partial charge in [-0.15, -0.1) is 11.8 Å². The number of carbonyl (C=O) groups is 2. The van der Waals surface area contributed by atoms with Gasteiger partial charge in [0.2, 0.25) is 11.8 Å². The first kappa shape index (κ1) is 18.1. The van der Waals surface area contributed by atoms with Gasteiger partial charge in [-0.25, -0.2) is 0 Å². The van der Waals surface area contributed by atoms with Gasteiger partial charge in [0.05, 0.1) is 24.9 Å².